The molecule has 0 aromatic rings. The fourth-order valence-corrected chi connectivity index (χ4v) is 0.299. The van der Waals surface area contributed by atoms with Gasteiger partial charge in [-0.1, -0.05) is 6.58 Å². The molecular weight excluding hydrogens is 79.1 g/mol. The molecule has 32 valence electrons. The summed E-state index contributed by atoms with van der Waals surface area (Å²) >= 11 is 0. The van der Waals surface area contributed by atoms with Crippen LogP contribution in [0.25, 0.3) is 0 Å². The minimum Gasteiger partial charge on any atom is -0.206 e. The molecule has 0 spiro atoms. The Bertz CT molecular complexity index is 117. The number of hydrogen-bond acceptors (Lipinski definition) is 0. The minimum atomic E-state index is -0.102. The third-order valence-electron chi connectivity index (χ3n) is 0.984. The molecule has 0 aliphatic heterocycles. The van der Waals surface area contributed by atoms with Gasteiger partial charge in [-0.25, -0.2) is 4.39 Å². The van der Waals surface area contributed by atoms with Crippen LogP contribution in [0.15, 0.2) is 23.6 Å². The zero-order valence-electron chi connectivity index (χ0n) is 3.59. The average molecular weight is 84.1 g/mol. The maximum atomic E-state index is 11.7. The first-order valence-electron chi connectivity index (χ1n) is 1.79. The third-order valence-corrected chi connectivity index (χ3v) is 0.984. The highest BCUT2D eigenvalue weighted by atomic mass is 19.1. The minimum absolute atomic E-state index is 0.102. The van der Waals surface area contributed by atoms with E-state index in [2.05, 4.69) is 6.58 Å². The number of allylic oxidation sites excluding steroid dienone is 3. The zero-order chi connectivity index (χ0) is 4.73. The van der Waals surface area contributed by atoms with Crippen LogP contribution in [0.5, 0.6) is 0 Å². The van der Waals surface area contributed by atoms with Crippen molar-refractivity contribution in [2.75, 3.05) is 0 Å². The topological polar surface area (TPSA) is 0 Å². The van der Waals surface area contributed by atoms with Gasteiger partial charge in [-0.3, -0.25) is 0 Å². The van der Waals surface area contributed by atoms with Gasteiger partial charge in [-0.2, -0.15) is 0 Å². The molecule has 6 heavy (non-hydrogen) atoms. The fraction of sp³-hybridized carbons (Fsp3) is 0.200. The van der Waals surface area contributed by atoms with E-state index in [0.717, 1.165) is 5.57 Å². The Balaban J connectivity index is 2.78. The third kappa shape index (κ3) is 0.224. The maximum Gasteiger partial charge on any atom is 0.133 e. The van der Waals surface area contributed by atoms with E-state index < -0.39 is 0 Å². The molecule has 1 heteroatoms. The first kappa shape index (κ1) is 3.59. The molecule has 0 saturated heterocycles. The summed E-state index contributed by atoms with van der Waals surface area (Å²) in [6, 6.07) is 0. The van der Waals surface area contributed by atoms with Crippen molar-refractivity contribution in [1.82, 2.24) is 0 Å². The van der Waals surface area contributed by atoms with Crippen LogP contribution in [0.2, 0.25) is 0 Å². The first-order chi connectivity index (χ1) is 2.73. The number of halogens is 1. The van der Waals surface area contributed by atoms with Gasteiger partial charge >= 0.3 is 0 Å². The standard InChI is InChI=1S/C5H5F/c1-3-4(2)5(3)6/h1H2,2H3. The lowest BCUT2D eigenvalue weighted by molar-refractivity contribution is 0.690. The van der Waals surface area contributed by atoms with Gasteiger partial charge in [0.1, 0.15) is 5.83 Å². The molecule has 1 aliphatic rings. The molecule has 0 heterocycles. The first-order valence-corrected chi connectivity index (χ1v) is 1.79. The summed E-state index contributed by atoms with van der Waals surface area (Å²) in [5.74, 6) is -0.102. The van der Waals surface area contributed by atoms with Crippen LogP contribution in [0.3, 0.4) is 0 Å². The predicted octanol–water partition coefficient (Wildman–Crippen LogP) is 1.80. The lowest BCUT2D eigenvalue weighted by Gasteiger charge is -1.56. The van der Waals surface area contributed by atoms with Crippen LogP contribution in [-0.4, -0.2) is 0 Å². The molecule has 1 aliphatic carbocycles. The molecule has 0 N–H and O–H groups in total. The highest BCUT2D eigenvalue weighted by Crippen LogP contribution is 2.36. The molecule has 0 nitrogen and oxygen atoms in total. The van der Waals surface area contributed by atoms with E-state index in [1.165, 1.54) is 0 Å². The second-order valence-electron chi connectivity index (χ2n) is 1.42. The van der Waals surface area contributed by atoms with Crippen LogP contribution in [0.1, 0.15) is 6.92 Å². The lowest BCUT2D eigenvalue weighted by atomic mass is 10.5. The summed E-state index contributed by atoms with van der Waals surface area (Å²) in [6.07, 6.45) is 0. The summed E-state index contributed by atoms with van der Waals surface area (Å²) < 4.78 is 11.7. The molecule has 0 amide bonds. The van der Waals surface area contributed by atoms with Gasteiger partial charge in [0.2, 0.25) is 0 Å². The zero-order valence-corrected chi connectivity index (χ0v) is 3.59. The SMILES string of the molecule is C=C1C(C)=C1F. The molecule has 0 atom stereocenters. The van der Waals surface area contributed by atoms with Gasteiger partial charge in [0.05, 0.1) is 0 Å². The van der Waals surface area contributed by atoms with Gasteiger partial charge in [0, 0.05) is 5.57 Å². The van der Waals surface area contributed by atoms with Crippen LogP contribution in [0.4, 0.5) is 4.39 Å². The van der Waals surface area contributed by atoms with Crippen molar-refractivity contribution in [1.29, 1.82) is 0 Å². The quantitative estimate of drug-likeness (QED) is 0.419. The summed E-state index contributed by atoms with van der Waals surface area (Å²) in [5, 5.41) is 0. The Hall–Kier alpha value is -0.590. The van der Waals surface area contributed by atoms with Crippen LogP contribution < -0.4 is 0 Å². The molecule has 0 unspecified atom stereocenters. The largest absolute Gasteiger partial charge is 0.206 e. The normalized spacial score (nSPS) is 19.3. The van der Waals surface area contributed by atoms with Crippen LogP contribution in [-0.2, 0) is 0 Å². The molecule has 1 rings (SSSR count). The van der Waals surface area contributed by atoms with E-state index in [0.29, 0.717) is 5.57 Å². The van der Waals surface area contributed by atoms with Crippen molar-refractivity contribution in [2.45, 2.75) is 6.92 Å². The van der Waals surface area contributed by atoms with Gasteiger partial charge in [-0.15, -0.1) is 0 Å². The average Bonchev–Trinajstić information content (AvgIpc) is 1.94. The molecule has 0 saturated carbocycles. The Morgan fingerprint density at radius 3 is 1.83 bits per heavy atom. The predicted molar refractivity (Wildman–Crippen MR) is 22.9 cm³/mol. The van der Waals surface area contributed by atoms with Crippen molar-refractivity contribution in [3.05, 3.63) is 23.6 Å². The smallest absolute Gasteiger partial charge is 0.133 e. The Kier molecular flexibility index (Phi) is 0.434. The Labute approximate surface area is 36.0 Å². The summed E-state index contributed by atoms with van der Waals surface area (Å²) in [7, 11) is 0. The van der Waals surface area contributed by atoms with Crippen LogP contribution in [0, 0.1) is 0 Å². The van der Waals surface area contributed by atoms with E-state index in [1.807, 2.05) is 0 Å². The van der Waals surface area contributed by atoms with E-state index in [9.17, 15) is 4.39 Å². The van der Waals surface area contributed by atoms with Crippen molar-refractivity contribution < 1.29 is 4.39 Å². The fourth-order valence-electron chi connectivity index (χ4n) is 0.299. The monoisotopic (exact) mass is 84.0 g/mol. The molecule has 0 aromatic carbocycles. The molecule has 0 fully saturated rings. The molecule has 0 radical (unpaired) electrons. The van der Waals surface area contributed by atoms with Gasteiger partial charge in [-0.05, 0) is 12.5 Å². The van der Waals surface area contributed by atoms with E-state index >= 15 is 0 Å². The molecule has 0 bridgehead atoms. The lowest BCUT2D eigenvalue weighted by Crippen LogP contribution is -1.39. The highest BCUT2D eigenvalue weighted by molar-refractivity contribution is 5.59. The van der Waals surface area contributed by atoms with E-state index in [1.54, 1.807) is 6.92 Å². The summed E-state index contributed by atoms with van der Waals surface area (Å²) in [5.41, 5.74) is 1.32. The molecular formula is C5H5F. The van der Waals surface area contributed by atoms with Crippen molar-refractivity contribution in [3.8, 4) is 0 Å². The van der Waals surface area contributed by atoms with Crippen molar-refractivity contribution >= 4 is 0 Å². The highest BCUT2D eigenvalue weighted by Gasteiger charge is 2.21. The van der Waals surface area contributed by atoms with E-state index in [4.69, 9.17) is 0 Å². The number of hydrogen-bond donors (Lipinski definition) is 0. The van der Waals surface area contributed by atoms with Crippen molar-refractivity contribution in [3.63, 3.8) is 0 Å². The van der Waals surface area contributed by atoms with E-state index in [-0.39, 0.29) is 5.83 Å². The second-order valence-corrected chi connectivity index (χ2v) is 1.42. The second kappa shape index (κ2) is 0.725. The molecule has 0 aromatic heterocycles. The summed E-state index contributed by atoms with van der Waals surface area (Å²) in [6.45, 7) is 5.10. The van der Waals surface area contributed by atoms with Gasteiger partial charge < -0.3 is 0 Å². The maximum absolute atomic E-state index is 11.7. The van der Waals surface area contributed by atoms with Crippen molar-refractivity contribution in [2.24, 2.45) is 0 Å². The Morgan fingerprint density at radius 2 is 1.83 bits per heavy atom. The van der Waals surface area contributed by atoms with Gasteiger partial charge in [0.25, 0.3) is 0 Å². The van der Waals surface area contributed by atoms with Gasteiger partial charge in [0.15, 0.2) is 0 Å². The Morgan fingerprint density at radius 1 is 1.67 bits per heavy atom. The van der Waals surface area contributed by atoms with Crippen LogP contribution >= 0.6 is 0 Å². The summed E-state index contributed by atoms with van der Waals surface area (Å²) in [4.78, 5) is 0. The number of rotatable bonds is 0.